The van der Waals surface area contributed by atoms with Crippen LogP contribution in [0.2, 0.25) is 0 Å². The summed E-state index contributed by atoms with van der Waals surface area (Å²) in [7, 11) is 0. The van der Waals surface area contributed by atoms with Crippen LogP contribution in [0.25, 0.3) is 0 Å². The zero-order chi connectivity index (χ0) is 13.1. The Kier molecular flexibility index (Phi) is 3.63. The highest BCUT2D eigenvalue weighted by molar-refractivity contribution is 7.99. The van der Waals surface area contributed by atoms with Crippen LogP contribution in [-0.2, 0) is 0 Å². The Morgan fingerprint density at radius 2 is 2.22 bits per heavy atom. The lowest BCUT2D eigenvalue weighted by Gasteiger charge is -2.05. The number of H-pyrrole nitrogens is 1. The number of aromatic amines is 1. The van der Waals surface area contributed by atoms with Crippen molar-refractivity contribution in [3.63, 3.8) is 0 Å². The first-order valence-electron chi connectivity index (χ1n) is 5.31. The van der Waals surface area contributed by atoms with E-state index in [2.05, 4.69) is 15.0 Å². The molecule has 0 saturated carbocycles. The predicted molar refractivity (Wildman–Crippen MR) is 70.2 cm³/mol. The highest BCUT2D eigenvalue weighted by atomic mass is 32.2. The Labute approximate surface area is 108 Å². The highest BCUT2D eigenvalue weighted by Gasteiger charge is 2.04. The maximum absolute atomic E-state index is 11.2. The fourth-order valence-corrected chi connectivity index (χ4v) is 2.10. The number of nitrogens with one attached hydrogen (secondary N) is 1. The zero-order valence-corrected chi connectivity index (χ0v) is 10.6. The van der Waals surface area contributed by atoms with Gasteiger partial charge in [0.2, 0.25) is 0 Å². The second-order valence-electron chi connectivity index (χ2n) is 3.78. The summed E-state index contributed by atoms with van der Waals surface area (Å²) in [6, 6.07) is 4.85. The molecule has 7 heteroatoms. The molecule has 1 atom stereocenters. The second-order valence-corrected chi connectivity index (χ2v) is 4.85. The third-order valence-electron chi connectivity index (χ3n) is 2.18. The van der Waals surface area contributed by atoms with Gasteiger partial charge >= 0.3 is 0 Å². The summed E-state index contributed by atoms with van der Waals surface area (Å²) in [5.41, 5.74) is 11.8. The van der Waals surface area contributed by atoms with Crippen LogP contribution in [-0.4, -0.2) is 15.0 Å². The second kappa shape index (κ2) is 5.19. The fraction of sp³-hybridized carbons (Fsp3) is 0.182. The monoisotopic (exact) mass is 263 g/mol. The molecule has 0 aromatic carbocycles. The molecule has 0 spiro atoms. The number of rotatable bonds is 3. The van der Waals surface area contributed by atoms with Gasteiger partial charge in [0.25, 0.3) is 5.56 Å². The highest BCUT2D eigenvalue weighted by Crippen LogP contribution is 2.23. The van der Waals surface area contributed by atoms with Crippen molar-refractivity contribution in [1.29, 1.82) is 0 Å². The summed E-state index contributed by atoms with van der Waals surface area (Å²) in [6.45, 7) is 1.87. The van der Waals surface area contributed by atoms with E-state index < -0.39 is 0 Å². The molecule has 2 heterocycles. The Hall–Kier alpha value is -1.86. The number of aromatic nitrogens is 3. The van der Waals surface area contributed by atoms with E-state index in [9.17, 15) is 4.79 Å². The molecule has 6 nitrogen and oxygen atoms in total. The molecule has 18 heavy (non-hydrogen) atoms. The smallest absolute Gasteiger partial charge is 0.253 e. The number of pyridine rings is 1. The average molecular weight is 263 g/mol. The minimum atomic E-state index is -0.273. The molecule has 0 saturated heterocycles. The quantitative estimate of drug-likeness (QED) is 0.710. The minimum absolute atomic E-state index is 0.102. The normalized spacial score (nSPS) is 12.3. The number of hydrogen-bond donors (Lipinski definition) is 3. The van der Waals surface area contributed by atoms with E-state index >= 15 is 0 Å². The molecule has 2 aromatic heterocycles. The standard InChI is InChI=1S/C11H13N5OS/c1-6(12)8-3-2-7(5-14-8)18-11-15-9(13)4-10(17)16-11/h2-6H,12H2,1H3,(H3,13,15,16,17)/t6-/m0/s1. The lowest BCUT2D eigenvalue weighted by molar-refractivity contribution is 0.777. The minimum Gasteiger partial charge on any atom is -0.383 e. The van der Waals surface area contributed by atoms with Gasteiger partial charge < -0.3 is 16.5 Å². The third-order valence-corrected chi connectivity index (χ3v) is 3.04. The molecule has 0 aliphatic heterocycles. The molecular formula is C11H13N5OS. The molecule has 0 aliphatic carbocycles. The van der Waals surface area contributed by atoms with Gasteiger partial charge in [-0.15, -0.1) is 0 Å². The van der Waals surface area contributed by atoms with Crippen molar-refractivity contribution >= 4 is 17.6 Å². The molecule has 0 bridgehead atoms. The van der Waals surface area contributed by atoms with Gasteiger partial charge in [0.05, 0.1) is 5.69 Å². The molecule has 0 fully saturated rings. The predicted octanol–water partition coefficient (Wildman–Crippen LogP) is 0.918. The van der Waals surface area contributed by atoms with Gasteiger partial charge in [0.1, 0.15) is 5.82 Å². The van der Waals surface area contributed by atoms with Crippen LogP contribution in [0.1, 0.15) is 18.7 Å². The zero-order valence-electron chi connectivity index (χ0n) is 9.75. The maximum Gasteiger partial charge on any atom is 0.253 e. The molecule has 2 aromatic rings. The van der Waals surface area contributed by atoms with E-state index in [1.54, 1.807) is 6.20 Å². The number of hydrogen-bond acceptors (Lipinski definition) is 6. The van der Waals surface area contributed by atoms with Gasteiger partial charge in [-0.2, -0.15) is 0 Å². The third kappa shape index (κ3) is 3.08. The van der Waals surface area contributed by atoms with E-state index in [1.165, 1.54) is 17.8 Å². The van der Waals surface area contributed by atoms with Crippen molar-refractivity contribution in [2.24, 2.45) is 5.73 Å². The number of nitrogen functional groups attached to an aromatic ring is 1. The van der Waals surface area contributed by atoms with Crippen molar-refractivity contribution in [3.8, 4) is 0 Å². The van der Waals surface area contributed by atoms with Crippen molar-refractivity contribution in [1.82, 2.24) is 15.0 Å². The van der Waals surface area contributed by atoms with Gasteiger partial charge in [-0.3, -0.25) is 9.78 Å². The van der Waals surface area contributed by atoms with Crippen molar-refractivity contribution in [2.75, 3.05) is 5.73 Å². The van der Waals surface area contributed by atoms with E-state index in [1.807, 2.05) is 19.1 Å². The molecule has 0 amide bonds. The van der Waals surface area contributed by atoms with E-state index in [-0.39, 0.29) is 17.4 Å². The van der Waals surface area contributed by atoms with Gasteiger partial charge in [-0.05, 0) is 19.1 Å². The lowest BCUT2D eigenvalue weighted by atomic mass is 10.2. The van der Waals surface area contributed by atoms with Gasteiger partial charge in [0.15, 0.2) is 5.16 Å². The summed E-state index contributed by atoms with van der Waals surface area (Å²) < 4.78 is 0. The van der Waals surface area contributed by atoms with Crippen LogP contribution in [0.3, 0.4) is 0 Å². The van der Waals surface area contributed by atoms with Gasteiger partial charge in [-0.1, -0.05) is 11.8 Å². The maximum atomic E-state index is 11.2. The van der Waals surface area contributed by atoms with Crippen LogP contribution in [0.4, 0.5) is 5.82 Å². The first-order chi connectivity index (χ1) is 8.54. The number of nitrogens with two attached hydrogens (primary N) is 2. The van der Waals surface area contributed by atoms with E-state index in [4.69, 9.17) is 11.5 Å². The van der Waals surface area contributed by atoms with Gasteiger partial charge in [-0.25, -0.2) is 4.98 Å². The summed E-state index contributed by atoms with van der Waals surface area (Å²) in [5, 5.41) is 0.440. The van der Waals surface area contributed by atoms with Crippen molar-refractivity contribution in [2.45, 2.75) is 23.0 Å². The largest absolute Gasteiger partial charge is 0.383 e. The summed E-state index contributed by atoms with van der Waals surface area (Å²) in [4.78, 5) is 22.9. The molecule has 94 valence electrons. The topological polar surface area (TPSA) is 111 Å². The molecule has 0 aliphatic rings. The van der Waals surface area contributed by atoms with E-state index in [0.717, 1.165) is 10.6 Å². The first-order valence-corrected chi connectivity index (χ1v) is 6.12. The molecular weight excluding hydrogens is 250 g/mol. The SMILES string of the molecule is C[C@H](N)c1ccc(Sc2nc(N)cc(=O)[nH]2)cn1. The van der Waals surface area contributed by atoms with Crippen LogP contribution < -0.4 is 17.0 Å². The van der Waals surface area contributed by atoms with Crippen LogP contribution in [0, 0.1) is 0 Å². The Bertz CT molecular complexity index is 593. The summed E-state index contributed by atoms with van der Waals surface area (Å²) >= 11 is 1.29. The molecule has 5 N–H and O–H groups in total. The first kappa shape index (κ1) is 12.6. The molecule has 2 rings (SSSR count). The lowest BCUT2D eigenvalue weighted by Crippen LogP contribution is -2.09. The van der Waals surface area contributed by atoms with Crippen molar-refractivity contribution in [3.05, 3.63) is 40.4 Å². The van der Waals surface area contributed by atoms with Crippen molar-refractivity contribution < 1.29 is 0 Å². The van der Waals surface area contributed by atoms with Crippen LogP contribution in [0.5, 0.6) is 0 Å². The molecule has 0 unspecified atom stereocenters. The fourth-order valence-electron chi connectivity index (χ4n) is 1.33. The number of nitrogens with zero attached hydrogens (tertiary/aromatic N) is 2. The van der Waals surface area contributed by atoms with Crippen LogP contribution >= 0.6 is 11.8 Å². The van der Waals surface area contributed by atoms with Gasteiger partial charge in [0, 0.05) is 23.2 Å². The Morgan fingerprint density at radius 1 is 1.44 bits per heavy atom. The Morgan fingerprint density at radius 3 is 2.78 bits per heavy atom. The number of anilines is 1. The summed E-state index contributed by atoms with van der Waals surface area (Å²) in [5.74, 6) is 0.196. The average Bonchev–Trinajstić information content (AvgIpc) is 2.28. The summed E-state index contributed by atoms with van der Waals surface area (Å²) in [6.07, 6.45) is 1.69. The molecule has 0 radical (unpaired) electrons. The Balaban J connectivity index is 2.20. The van der Waals surface area contributed by atoms with Crippen LogP contribution in [0.15, 0.2) is 39.2 Å². The van der Waals surface area contributed by atoms with E-state index in [0.29, 0.717) is 5.16 Å².